The lowest BCUT2D eigenvalue weighted by Gasteiger charge is -2.14. The highest BCUT2D eigenvalue weighted by molar-refractivity contribution is 8.76. The molecule has 0 unspecified atom stereocenters. The van der Waals surface area contributed by atoms with E-state index in [1.807, 2.05) is 0 Å². The number of amides is 1. The Morgan fingerprint density at radius 1 is 1.43 bits per heavy atom. The highest BCUT2D eigenvalue weighted by Crippen LogP contribution is 2.27. The zero-order valence-corrected chi connectivity index (χ0v) is 16.7. The van der Waals surface area contributed by atoms with E-state index in [1.165, 1.54) is 18.3 Å². The van der Waals surface area contributed by atoms with Gasteiger partial charge in [-0.1, -0.05) is 21.6 Å². The van der Waals surface area contributed by atoms with Crippen molar-refractivity contribution in [3.05, 3.63) is 38.7 Å². The molecule has 1 aromatic rings. The van der Waals surface area contributed by atoms with Gasteiger partial charge < -0.3 is 26.0 Å². The van der Waals surface area contributed by atoms with Gasteiger partial charge in [0.1, 0.15) is 12.3 Å². The number of aromatic amines is 1. The first-order chi connectivity index (χ1) is 13.5. The Balaban J connectivity index is 1.98. The van der Waals surface area contributed by atoms with Crippen LogP contribution in [-0.4, -0.2) is 69.1 Å². The number of aromatic nitrogens is 2. The van der Waals surface area contributed by atoms with Crippen molar-refractivity contribution >= 4 is 33.6 Å². The van der Waals surface area contributed by atoms with E-state index in [4.69, 9.17) is 15.6 Å². The third-order valence-electron chi connectivity index (χ3n) is 3.87. The molecule has 1 saturated heterocycles. The summed E-state index contributed by atoms with van der Waals surface area (Å²) in [6.07, 6.45) is 1.34. The number of H-pyrrole nitrogens is 1. The number of nitrogens with one attached hydrogen (secondary N) is 2. The second-order valence-corrected chi connectivity index (χ2v) is 8.62. The predicted octanol–water partition coefficient (Wildman–Crippen LogP) is -1.35. The highest BCUT2D eigenvalue weighted by Gasteiger charge is 2.35. The van der Waals surface area contributed by atoms with Crippen molar-refractivity contribution in [1.82, 2.24) is 14.9 Å². The largest absolute Gasteiger partial charge is 0.394 e. The molecule has 1 aliphatic heterocycles. The smallest absolute Gasteiger partial charge is 0.330 e. The number of aliphatic hydroxyl groups excluding tert-OH is 2. The molecule has 12 heteroatoms. The fraction of sp³-hybridized carbons (Fsp3) is 0.562. The minimum atomic E-state index is -0.917. The standard InChI is InChI=1S/C16H24N4O6S2/c17-3-5-27-28-6-4-18-13(23)2-1-10-8-20(16(25)19-15(10)24)14-7-11(22)12(9-21)26-14/h1-2,8,11-12,14,21-22H,3-7,9,17H2,(H,18,23)(H,19,24,25)/b2-1+/t11-,12+,14+/m0/s1. The Morgan fingerprint density at radius 2 is 2.18 bits per heavy atom. The maximum Gasteiger partial charge on any atom is 0.330 e. The van der Waals surface area contributed by atoms with E-state index in [0.717, 1.165) is 16.1 Å². The quantitative estimate of drug-likeness (QED) is 0.171. The Hall–Kier alpha value is -1.57. The Morgan fingerprint density at radius 3 is 2.86 bits per heavy atom. The van der Waals surface area contributed by atoms with Crippen LogP contribution in [0.1, 0.15) is 18.2 Å². The van der Waals surface area contributed by atoms with Crippen molar-refractivity contribution in [2.45, 2.75) is 24.9 Å². The third-order valence-corrected chi connectivity index (χ3v) is 6.31. The molecule has 2 heterocycles. The molecule has 28 heavy (non-hydrogen) atoms. The number of carbonyl (C=O) groups is 1. The summed E-state index contributed by atoms with van der Waals surface area (Å²) in [5.74, 6) is 1.20. The molecule has 3 atom stereocenters. The zero-order valence-electron chi connectivity index (χ0n) is 15.1. The number of nitrogens with two attached hydrogens (primary N) is 1. The summed E-state index contributed by atoms with van der Waals surface area (Å²) in [6.45, 7) is 0.693. The number of hydrogen-bond donors (Lipinski definition) is 5. The van der Waals surface area contributed by atoms with Crippen LogP contribution in [0.4, 0.5) is 0 Å². The van der Waals surface area contributed by atoms with Gasteiger partial charge in [-0.2, -0.15) is 0 Å². The van der Waals surface area contributed by atoms with Gasteiger partial charge in [0.15, 0.2) is 0 Å². The summed E-state index contributed by atoms with van der Waals surface area (Å²) in [5, 5.41) is 21.7. The second-order valence-electron chi connectivity index (χ2n) is 5.92. The molecular formula is C16H24N4O6S2. The van der Waals surface area contributed by atoms with E-state index in [2.05, 4.69) is 10.3 Å². The van der Waals surface area contributed by atoms with E-state index in [9.17, 15) is 19.5 Å². The van der Waals surface area contributed by atoms with Crippen LogP contribution in [-0.2, 0) is 9.53 Å². The molecule has 6 N–H and O–H groups in total. The lowest BCUT2D eigenvalue weighted by atomic mass is 10.2. The average Bonchev–Trinajstić information content (AvgIpc) is 3.04. The van der Waals surface area contributed by atoms with Crippen molar-refractivity contribution in [2.75, 3.05) is 31.2 Å². The van der Waals surface area contributed by atoms with Crippen molar-refractivity contribution in [1.29, 1.82) is 0 Å². The molecule has 0 bridgehead atoms. The monoisotopic (exact) mass is 432 g/mol. The van der Waals surface area contributed by atoms with Crippen LogP contribution in [0.3, 0.4) is 0 Å². The number of nitrogens with zero attached hydrogens (tertiary/aromatic N) is 1. The maximum atomic E-state index is 12.0. The number of carbonyl (C=O) groups excluding carboxylic acids is 1. The molecule has 2 rings (SSSR count). The van der Waals surface area contributed by atoms with Crippen molar-refractivity contribution in [3.63, 3.8) is 0 Å². The van der Waals surface area contributed by atoms with E-state index in [0.29, 0.717) is 13.1 Å². The molecule has 0 spiro atoms. The van der Waals surface area contributed by atoms with Crippen LogP contribution in [0.5, 0.6) is 0 Å². The highest BCUT2D eigenvalue weighted by atomic mass is 33.1. The fourth-order valence-electron chi connectivity index (χ4n) is 2.49. The lowest BCUT2D eigenvalue weighted by Crippen LogP contribution is -2.33. The van der Waals surface area contributed by atoms with Gasteiger partial charge in [0.05, 0.1) is 18.3 Å². The summed E-state index contributed by atoms with van der Waals surface area (Å²) >= 11 is 0. The summed E-state index contributed by atoms with van der Waals surface area (Å²) in [6, 6.07) is 0. The van der Waals surface area contributed by atoms with Crippen LogP contribution >= 0.6 is 21.6 Å². The number of hydrogen-bond acceptors (Lipinski definition) is 9. The molecule has 0 aromatic carbocycles. The van der Waals surface area contributed by atoms with E-state index in [1.54, 1.807) is 21.6 Å². The molecule has 1 fully saturated rings. The summed E-state index contributed by atoms with van der Waals surface area (Å²) in [4.78, 5) is 38.0. The lowest BCUT2D eigenvalue weighted by molar-refractivity contribution is -0.116. The first-order valence-corrected chi connectivity index (χ1v) is 11.1. The van der Waals surface area contributed by atoms with Crippen LogP contribution in [0, 0.1) is 0 Å². The third kappa shape index (κ3) is 6.50. The Bertz CT molecular complexity index is 796. The van der Waals surface area contributed by atoms with Crippen LogP contribution < -0.4 is 22.3 Å². The van der Waals surface area contributed by atoms with E-state index < -0.39 is 29.7 Å². The molecule has 1 aromatic heterocycles. The topological polar surface area (TPSA) is 160 Å². The van der Waals surface area contributed by atoms with Crippen LogP contribution in [0.15, 0.2) is 21.9 Å². The Kier molecular flexibility index (Phi) is 9.28. The summed E-state index contributed by atoms with van der Waals surface area (Å²) < 4.78 is 6.56. The molecule has 1 amide bonds. The van der Waals surface area contributed by atoms with Gasteiger partial charge in [-0.05, 0) is 6.08 Å². The maximum absolute atomic E-state index is 12.0. The number of rotatable bonds is 10. The molecule has 156 valence electrons. The van der Waals surface area contributed by atoms with Gasteiger partial charge in [-0.15, -0.1) is 0 Å². The number of aliphatic hydroxyl groups is 2. The molecule has 0 radical (unpaired) electrons. The van der Waals surface area contributed by atoms with Gasteiger partial charge in [0, 0.05) is 43.3 Å². The van der Waals surface area contributed by atoms with Gasteiger partial charge in [0.25, 0.3) is 5.56 Å². The molecule has 0 aliphatic carbocycles. The molecule has 10 nitrogen and oxygen atoms in total. The Labute approximate surface area is 168 Å². The van der Waals surface area contributed by atoms with Gasteiger partial charge in [0.2, 0.25) is 5.91 Å². The summed E-state index contributed by atoms with van der Waals surface area (Å²) in [7, 11) is 3.24. The normalized spacial score (nSPS) is 22.0. The predicted molar refractivity (Wildman–Crippen MR) is 109 cm³/mol. The van der Waals surface area contributed by atoms with Gasteiger partial charge in [-0.25, -0.2) is 4.79 Å². The molecule has 0 saturated carbocycles. The first-order valence-electron chi connectivity index (χ1n) is 8.66. The fourth-order valence-corrected chi connectivity index (χ4v) is 4.25. The van der Waals surface area contributed by atoms with Crippen molar-refractivity contribution in [2.24, 2.45) is 5.73 Å². The molecular weight excluding hydrogens is 408 g/mol. The zero-order chi connectivity index (χ0) is 20.5. The minimum Gasteiger partial charge on any atom is -0.394 e. The van der Waals surface area contributed by atoms with Crippen LogP contribution in [0.25, 0.3) is 6.08 Å². The van der Waals surface area contributed by atoms with E-state index >= 15 is 0 Å². The van der Waals surface area contributed by atoms with Crippen LogP contribution in [0.2, 0.25) is 0 Å². The summed E-state index contributed by atoms with van der Waals surface area (Å²) in [5.41, 5.74) is 4.13. The van der Waals surface area contributed by atoms with Gasteiger partial charge >= 0.3 is 5.69 Å². The second kappa shape index (κ2) is 11.4. The minimum absolute atomic E-state index is 0.0909. The SMILES string of the molecule is NCCSSCCNC(=O)/C=C/c1cn([C@H]2C[C@H](O)[C@@H](CO)O2)c(=O)[nH]c1=O. The van der Waals surface area contributed by atoms with Crippen molar-refractivity contribution < 1.29 is 19.7 Å². The number of ether oxygens (including phenoxy) is 1. The van der Waals surface area contributed by atoms with Crippen molar-refractivity contribution in [3.8, 4) is 0 Å². The van der Waals surface area contributed by atoms with E-state index in [-0.39, 0.29) is 24.5 Å². The average molecular weight is 433 g/mol. The first kappa shape index (κ1) is 22.7. The van der Waals surface area contributed by atoms with Gasteiger partial charge in [-0.3, -0.25) is 19.1 Å². The molecule has 1 aliphatic rings.